The molecule has 0 radical (unpaired) electrons. The molecule has 3 aromatic carbocycles. The summed E-state index contributed by atoms with van der Waals surface area (Å²) in [5.74, 6) is 0.627. The van der Waals surface area contributed by atoms with E-state index in [0.717, 1.165) is 40.1 Å². The van der Waals surface area contributed by atoms with Gasteiger partial charge in [-0.25, -0.2) is 4.99 Å². The number of hydrogen-bond acceptors (Lipinski definition) is 4. The third-order valence-electron chi connectivity index (χ3n) is 7.77. The second-order valence-electron chi connectivity index (χ2n) is 10.1. The zero-order valence-electron chi connectivity index (χ0n) is 20.9. The predicted octanol–water partition coefficient (Wildman–Crippen LogP) is 6.99. The number of rotatable bonds is 3. The number of hydrogen-bond donors (Lipinski definition) is 0. The summed E-state index contributed by atoms with van der Waals surface area (Å²) >= 11 is 0. The second-order valence-corrected chi connectivity index (χ2v) is 10.1. The summed E-state index contributed by atoms with van der Waals surface area (Å²) in [5, 5.41) is 2.42. The van der Waals surface area contributed by atoms with E-state index in [2.05, 4.69) is 106 Å². The van der Waals surface area contributed by atoms with E-state index in [1.807, 2.05) is 18.5 Å². The van der Waals surface area contributed by atoms with Crippen LogP contribution in [0.4, 0.5) is 0 Å². The van der Waals surface area contributed by atoms with Crippen LogP contribution >= 0.6 is 0 Å². The normalized spacial score (nSPS) is 17.9. The summed E-state index contributed by atoms with van der Waals surface area (Å²) in [6.07, 6.45) is 4.65. The van der Waals surface area contributed by atoms with Gasteiger partial charge in [0, 0.05) is 35.2 Å². The molecule has 2 atom stereocenters. The molecule has 0 fully saturated rings. The molecule has 3 aromatic heterocycles. The minimum Gasteiger partial charge on any atom is -0.470 e. The molecule has 2 aliphatic rings. The van der Waals surface area contributed by atoms with Crippen LogP contribution in [0.1, 0.15) is 28.4 Å². The zero-order valence-corrected chi connectivity index (χ0v) is 20.9. The summed E-state index contributed by atoms with van der Waals surface area (Å²) in [6.45, 7) is 2.10. The van der Waals surface area contributed by atoms with E-state index in [0.29, 0.717) is 5.90 Å². The van der Waals surface area contributed by atoms with Crippen molar-refractivity contribution in [2.45, 2.75) is 25.5 Å². The average molecular weight is 493 g/mol. The van der Waals surface area contributed by atoms with E-state index in [4.69, 9.17) is 9.73 Å². The van der Waals surface area contributed by atoms with E-state index < -0.39 is 0 Å². The van der Waals surface area contributed by atoms with Crippen molar-refractivity contribution < 1.29 is 4.74 Å². The summed E-state index contributed by atoms with van der Waals surface area (Å²) in [5.41, 5.74) is 9.92. The SMILES string of the molecule is Cc1ccnc(-c2ccc3c4ccccc4n(-c4ccnc(C5=N[C@@H]6c7ccccc7C[C@@H]6O5)c4)c3c2)c1. The quantitative estimate of drug-likeness (QED) is 0.267. The topological polar surface area (TPSA) is 52.3 Å². The first-order chi connectivity index (χ1) is 18.7. The summed E-state index contributed by atoms with van der Waals surface area (Å²) < 4.78 is 8.67. The highest BCUT2D eigenvalue weighted by atomic mass is 16.5. The molecule has 0 bridgehead atoms. The lowest BCUT2D eigenvalue weighted by molar-refractivity contribution is 0.206. The molecule has 38 heavy (non-hydrogen) atoms. The van der Waals surface area contributed by atoms with Gasteiger partial charge in [-0.05, 0) is 60.0 Å². The van der Waals surface area contributed by atoms with E-state index in [1.54, 1.807) is 0 Å². The molecule has 0 saturated carbocycles. The van der Waals surface area contributed by atoms with Gasteiger partial charge in [-0.1, -0.05) is 54.6 Å². The van der Waals surface area contributed by atoms with Crippen LogP contribution in [0, 0.1) is 6.92 Å². The monoisotopic (exact) mass is 492 g/mol. The Labute approximate surface area is 220 Å². The van der Waals surface area contributed by atoms with Crippen molar-refractivity contribution in [3.05, 3.63) is 126 Å². The maximum atomic E-state index is 6.36. The van der Waals surface area contributed by atoms with Gasteiger partial charge in [0.05, 0.1) is 22.4 Å². The van der Waals surface area contributed by atoms with Crippen LogP contribution in [-0.2, 0) is 11.2 Å². The van der Waals surface area contributed by atoms with Crippen molar-refractivity contribution in [2.75, 3.05) is 0 Å². The molecule has 0 N–H and O–H groups in total. The van der Waals surface area contributed by atoms with Gasteiger partial charge in [0.15, 0.2) is 0 Å². The van der Waals surface area contributed by atoms with Crippen LogP contribution in [0.2, 0.25) is 0 Å². The van der Waals surface area contributed by atoms with Gasteiger partial charge in [-0.2, -0.15) is 0 Å². The molecule has 6 aromatic rings. The highest BCUT2D eigenvalue weighted by Crippen LogP contribution is 2.41. The molecule has 8 rings (SSSR count). The third-order valence-corrected chi connectivity index (χ3v) is 7.77. The van der Waals surface area contributed by atoms with Crippen LogP contribution in [0.5, 0.6) is 0 Å². The van der Waals surface area contributed by atoms with Crippen LogP contribution in [-0.4, -0.2) is 26.5 Å². The molecule has 182 valence electrons. The van der Waals surface area contributed by atoms with Crippen LogP contribution in [0.15, 0.2) is 108 Å². The molecule has 0 saturated heterocycles. The molecular formula is C33H24N4O. The first-order valence-corrected chi connectivity index (χ1v) is 13.0. The molecule has 1 aliphatic heterocycles. The lowest BCUT2D eigenvalue weighted by Gasteiger charge is -2.11. The summed E-state index contributed by atoms with van der Waals surface area (Å²) in [4.78, 5) is 14.3. The molecule has 1 aliphatic carbocycles. The van der Waals surface area contributed by atoms with E-state index in [1.165, 1.54) is 27.5 Å². The highest BCUT2D eigenvalue weighted by molar-refractivity contribution is 6.10. The Morgan fingerprint density at radius 2 is 1.58 bits per heavy atom. The number of aryl methyl sites for hydroxylation is 1. The van der Waals surface area contributed by atoms with Gasteiger partial charge in [-0.15, -0.1) is 0 Å². The minimum absolute atomic E-state index is 0.0456. The Kier molecular flexibility index (Phi) is 4.56. The van der Waals surface area contributed by atoms with Gasteiger partial charge >= 0.3 is 0 Å². The Balaban J connectivity index is 1.28. The van der Waals surface area contributed by atoms with E-state index in [-0.39, 0.29) is 12.1 Å². The molecule has 5 heteroatoms. The van der Waals surface area contributed by atoms with Crippen molar-refractivity contribution in [2.24, 2.45) is 4.99 Å². The molecular weight excluding hydrogens is 468 g/mol. The third kappa shape index (κ3) is 3.21. The smallest absolute Gasteiger partial charge is 0.236 e. The predicted molar refractivity (Wildman–Crippen MR) is 151 cm³/mol. The van der Waals surface area contributed by atoms with E-state index in [9.17, 15) is 0 Å². The van der Waals surface area contributed by atoms with Gasteiger partial charge < -0.3 is 9.30 Å². The second kappa shape index (κ2) is 8.12. The molecule has 5 nitrogen and oxygen atoms in total. The minimum atomic E-state index is 0.0456. The van der Waals surface area contributed by atoms with Crippen LogP contribution in [0.3, 0.4) is 0 Å². The molecule has 0 unspecified atom stereocenters. The van der Waals surface area contributed by atoms with Crippen molar-refractivity contribution >= 4 is 27.7 Å². The Hall–Kier alpha value is -4.77. The van der Waals surface area contributed by atoms with Crippen LogP contribution in [0.25, 0.3) is 38.8 Å². The Bertz CT molecular complexity index is 1920. The maximum Gasteiger partial charge on any atom is 0.236 e. The van der Waals surface area contributed by atoms with Crippen molar-refractivity contribution in [3.63, 3.8) is 0 Å². The number of para-hydroxylation sites is 1. The lowest BCUT2D eigenvalue weighted by Crippen LogP contribution is -2.14. The van der Waals surface area contributed by atoms with Gasteiger partial charge in [0.25, 0.3) is 0 Å². The number of pyridine rings is 2. The first kappa shape index (κ1) is 21.3. The highest BCUT2D eigenvalue weighted by Gasteiger charge is 2.39. The lowest BCUT2D eigenvalue weighted by atomic mass is 10.1. The Morgan fingerprint density at radius 3 is 2.53 bits per heavy atom. The fourth-order valence-corrected chi connectivity index (χ4v) is 6.00. The summed E-state index contributed by atoms with van der Waals surface area (Å²) in [6, 6.07) is 32.0. The van der Waals surface area contributed by atoms with Gasteiger partial charge in [0.2, 0.25) is 5.90 Å². The average Bonchev–Trinajstić information content (AvgIpc) is 3.62. The number of fused-ring (bicyclic) bond motifs is 6. The van der Waals surface area contributed by atoms with Gasteiger partial charge in [-0.3, -0.25) is 9.97 Å². The fraction of sp³-hybridized carbons (Fsp3) is 0.121. The zero-order chi connectivity index (χ0) is 25.2. The number of benzene rings is 3. The first-order valence-electron chi connectivity index (χ1n) is 13.0. The standard InChI is InChI=1S/C33H24N4O/c1-20-12-14-34-27(16-20)22-10-11-26-25-8-4-5-9-29(25)37(30(26)17-22)23-13-15-35-28(19-23)33-36-32-24-7-3-2-6-21(24)18-31(32)38-33/h2-17,19,31-32H,18H2,1H3/t31-,32+/m0/s1. The number of nitrogens with zero attached hydrogens (tertiary/aromatic N) is 4. The maximum absolute atomic E-state index is 6.36. The molecule has 0 amide bonds. The number of ether oxygens (including phenoxy) is 1. The fourth-order valence-electron chi connectivity index (χ4n) is 6.00. The van der Waals surface area contributed by atoms with Crippen molar-refractivity contribution in [1.82, 2.24) is 14.5 Å². The Morgan fingerprint density at radius 1 is 0.763 bits per heavy atom. The largest absolute Gasteiger partial charge is 0.470 e. The molecule has 0 spiro atoms. The van der Waals surface area contributed by atoms with Crippen LogP contribution < -0.4 is 0 Å². The van der Waals surface area contributed by atoms with Gasteiger partial charge in [0.1, 0.15) is 17.8 Å². The van der Waals surface area contributed by atoms with Crippen molar-refractivity contribution in [3.8, 4) is 16.9 Å². The summed E-state index contributed by atoms with van der Waals surface area (Å²) in [7, 11) is 0. The number of aliphatic imine (C=N–C) groups is 1. The van der Waals surface area contributed by atoms with Crippen molar-refractivity contribution in [1.29, 1.82) is 0 Å². The number of aromatic nitrogens is 3. The molecule has 4 heterocycles. The van der Waals surface area contributed by atoms with E-state index >= 15 is 0 Å².